The topological polar surface area (TPSA) is 93.8 Å². The number of sulfone groups is 1. The van der Waals surface area contributed by atoms with Gasteiger partial charge in [-0.15, -0.1) is 0 Å². The van der Waals surface area contributed by atoms with Crippen LogP contribution in [0.5, 0.6) is 0 Å². The molecule has 0 radical (unpaired) electrons. The number of nitrogens with one attached hydrogen (secondary N) is 1. The Bertz CT molecular complexity index is 982. The summed E-state index contributed by atoms with van der Waals surface area (Å²) in [5, 5.41) is 3.72. The third-order valence-electron chi connectivity index (χ3n) is 3.03. The van der Waals surface area contributed by atoms with Crippen molar-refractivity contribution >= 4 is 33.1 Å². The van der Waals surface area contributed by atoms with Gasteiger partial charge in [-0.1, -0.05) is 11.2 Å². The van der Waals surface area contributed by atoms with Crippen LogP contribution in [-0.2, 0) is 16.4 Å². The SMILES string of the molecule is Cc1noc(Cn2c(=S)[nH]c3c(S(C)(=O)=O)cccc32)n1. The lowest BCUT2D eigenvalue weighted by atomic mass is 10.3. The number of rotatable bonds is 3. The van der Waals surface area contributed by atoms with Crippen LogP contribution in [0.2, 0.25) is 0 Å². The minimum atomic E-state index is -3.34. The molecule has 3 rings (SSSR count). The molecule has 2 aromatic heterocycles. The largest absolute Gasteiger partial charge is 0.337 e. The molecule has 0 unspecified atom stereocenters. The normalized spacial score (nSPS) is 12.1. The van der Waals surface area contributed by atoms with Gasteiger partial charge in [0.15, 0.2) is 20.4 Å². The van der Waals surface area contributed by atoms with E-state index in [1.807, 2.05) is 0 Å². The molecule has 3 aromatic rings. The van der Waals surface area contributed by atoms with Crippen molar-refractivity contribution in [2.75, 3.05) is 6.26 Å². The molecule has 110 valence electrons. The molecule has 0 saturated heterocycles. The number of benzene rings is 1. The lowest BCUT2D eigenvalue weighted by molar-refractivity contribution is 0.368. The third-order valence-corrected chi connectivity index (χ3v) is 4.50. The first-order valence-electron chi connectivity index (χ1n) is 6.07. The zero-order chi connectivity index (χ0) is 15.2. The first-order chi connectivity index (χ1) is 9.86. The summed E-state index contributed by atoms with van der Waals surface area (Å²) in [6.45, 7) is 2.01. The van der Waals surface area contributed by atoms with E-state index >= 15 is 0 Å². The molecule has 0 spiro atoms. The number of para-hydroxylation sites is 1. The number of aromatic amines is 1. The van der Waals surface area contributed by atoms with Gasteiger partial charge >= 0.3 is 0 Å². The van der Waals surface area contributed by atoms with Crippen molar-refractivity contribution in [3.8, 4) is 0 Å². The molecule has 7 nitrogen and oxygen atoms in total. The van der Waals surface area contributed by atoms with Crippen LogP contribution in [0.3, 0.4) is 0 Å². The van der Waals surface area contributed by atoms with E-state index in [0.29, 0.717) is 27.5 Å². The summed E-state index contributed by atoms with van der Waals surface area (Å²) in [5.74, 6) is 0.947. The lowest BCUT2D eigenvalue weighted by Crippen LogP contribution is -2.01. The van der Waals surface area contributed by atoms with E-state index in [1.165, 1.54) is 0 Å². The summed E-state index contributed by atoms with van der Waals surface area (Å²) in [5.41, 5.74) is 1.17. The maximum absolute atomic E-state index is 11.8. The minimum absolute atomic E-state index is 0.214. The average molecular weight is 324 g/mol. The number of nitrogens with zero attached hydrogens (tertiary/aromatic N) is 3. The lowest BCUT2D eigenvalue weighted by Gasteiger charge is -2.02. The van der Waals surface area contributed by atoms with Crippen molar-refractivity contribution in [1.82, 2.24) is 19.7 Å². The zero-order valence-electron chi connectivity index (χ0n) is 11.3. The number of fused-ring (bicyclic) bond motifs is 1. The molecule has 0 amide bonds. The van der Waals surface area contributed by atoms with Crippen LogP contribution in [0.15, 0.2) is 27.6 Å². The molecule has 0 atom stereocenters. The van der Waals surface area contributed by atoms with E-state index in [1.54, 1.807) is 29.7 Å². The third kappa shape index (κ3) is 2.49. The Kier molecular flexibility index (Phi) is 3.18. The predicted molar refractivity (Wildman–Crippen MR) is 78.4 cm³/mol. The molecule has 1 aromatic carbocycles. The second-order valence-corrected chi connectivity index (χ2v) is 7.04. The van der Waals surface area contributed by atoms with Crippen LogP contribution in [0.1, 0.15) is 11.7 Å². The van der Waals surface area contributed by atoms with Gasteiger partial charge in [-0.3, -0.25) is 0 Å². The van der Waals surface area contributed by atoms with Gasteiger partial charge in [0.2, 0.25) is 5.89 Å². The molecule has 0 fully saturated rings. The second-order valence-electron chi connectivity index (χ2n) is 4.67. The predicted octanol–water partition coefficient (Wildman–Crippen LogP) is 1.84. The van der Waals surface area contributed by atoms with Crippen molar-refractivity contribution in [2.24, 2.45) is 0 Å². The molecule has 1 N–H and O–H groups in total. The highest BCUT2D eigenvalue weighted by Crippen LogP contribution is 2.23. The monoisotopic (exact) mass is 324 g/mol. The van der Waals surface area contributed by atoms with Crippen LogP contribution in [-0.4, -0.2) is 34.4 Å². The highest BCUT2D eigenvalue weighted by Gasteiger charge is 2.16. The summed E-state index contributed by atoms with van der Waals surface area (Å²) in [6.07, 6.45) is 1.16. The second kappa shape index (κ2) is 4.78. The van der Waals surface area contributed by atoms with Gasteiger partial charge in [0.1, 0.15) is 6.54 Å². The van der Waals surface area contributed by atoms with Crippen molar-refractivity contribution < 1.29 is 12.9 Å². The van der Waals surface area contributed by atoms with E-state index in [2.05, 4.69) is 15.1 Å². The smallest absolute Gasteiger partial charge is 0.246 e. The maximum atomic E-state index is 11.8. The Morgan fingerprint density at radius 3 is 2.81 bits per heavy atom. The number of imidazole rings is 1. The number of hydrogen-bond acceptors (Lipinski definition) is 6. The van der Waals surface area contributed by atoms with Crippen LogP contribution in [0.25, 0.3) is 11.0 Å². The van der Waals surface area contributed by atoms with Crippen molar-refractivity contribution in [1.29, 1.82) is 0 Å². The van der Waals surface area contributed by atoms with E-state index in [4.69, 9.17) is 16.7 Å². The Hall–Kier alpha value is -2.00. The van der Waals surface area contributed by atoms with E-state index in [9.17, 15) is 8.42 Å². The van der Waals surface area contributed by atoms with Crippen molar-refractivity contribution in [2.45, 2.75) is 18.4 Å². The molecule has 21 heavy (non-hydrogen) atoms. The number of hydrogen-bond donors (Lipinski definition) is 1. The van der Waals surface area contributed by atoms with Crippen LogP contribution >= 0.6 is 12.2 Å². The van der Waals surface area contributed by atoms with Gasteiger partial charge in [0, 0.05) is 6.26 Å². The molecular formula is C12H12N4O3S2. The first-order valence-corrected chi connectivity index (χ1v) is 8.37. The molecule has 2 heterocycles. The Labute approximate surface area is 125 Å². The van der Waals surface area contributed by atoms with Crippen LogP contribution in [0, 0.1) is 11.7 Å². The zero-order valence-corrected chi connectivity index (χ0v) is 13.0. The van der Waals surface area contributed by atoms with Crippen molar-refractivity contribution in [3.05, 3.63) is 34.7 Å². The molecule has 0 aliphatic carbocycles. The summed E-state index contributed by atoms with van der Waals surface area (Å²) >= 11 is 5.26. The Morgan fingerprint density at radius 2 is 2.19 bits per heavy atom. The molecule has 0 saturated carbocycles. The average Bonchev–Trinajstić information content (AvgIpc) is 2.93. The van der Waals surface area contributed by atoms with Gasteiger partial charge in [-0.2, -0.15) is 4.98 Å². The fourth-order valence-corrected chi connectivity index (χ4v) is 3.28. The maximum Gasteiger partial charge on any atom is 0.246 e. The van der Waals surface area contributed by atoms with Crippen molar-refractivity contribution in [3.63, 3.8) is 0 Å². The number of aryl methyl sites for hydroxylation is 1. The first kappa shape index (κ1) is 14.0. The van der Waals surface area contributed by atoms with Gasteiger partial charge in [-0.25, -0.2) is 8.42 Å². The molecular weight excluding hydrogens is 312 g/mol. The molecule has 0 aliphatic rings. The number of aromatic nitrogens is 4. The standard InChI is InChI=1S/C12H12N4O3S2/c1-7-13-10(19-15-7)6-16-8-4-3-5-9(21(2,17)18)11(8)14-12(16)20/h3-5H,6H2,1-2H3,(H,14,20). The number of H-pyrrole nitrogens is 1. The molecule has 0 bridgehead atoms. The fourth-order valence-electron chi connectivity index (χ4n) is 2.16. The molecule has 0 aliphatic heterocycles. The van der Waals surface area contributed by atoms with E-state index in [-0.39, 0.29) is 11.4 Å². The summed E-state index contributed by atoms with van der Waals surface area (Å²) in [6, 6.07) is 5.01. The minimum Gasteiger partial charge on any atom is -0.337 e. The Morgan fingerprint density at radius 1 is 1.43 bits per heavy atom. The Balaban J connectivity index is 2.21. The quantitative estimate of drug-likeness (QED) is 0.739. The molecule has 9 heteroatoms. The van der Waals surface area contributed by atoms with Gasteiger partial charge < -0.3 is 14.1 Å². The fraction of sp³-hybridized carbons (Fsp3) is 0.250. The van der Waals surface area contributed by atoms with Crippen LogP contribution < -0.4 is 0 Å². The van der Waals surface area contributed by atoms with Crippen LogP contribution in [0.4, 0.5) is 0 Å². The van der Waals surface area contributed by atoms with Gasteiger partial charge in [0.05, 0.1) is 15.9 Å². The van der Waals surface area contributed by atoms with Gasteiger partial charge in [-0.05, 0) is 31.3 Å². The van der Waals surface area contributed by atoms with E-state index < -0.39 is 9.84 Å². The summed E-state index contributed by atoms with van der Waals surface area (Å²) < 4.78 is 30.9. The van der Waals surface area contributed by atoms with E-state index in [0.717, 1.165) is 6.26 Å². The summed E-state index contributed by atoms with van der Waals surface area (Å²) in [4.78, 5) is 7.28. The highest BCUT2D eigenvalue weighted by molar-refractivity contribution is 7.91. The summed E-state index contributed by atoms with van der Waals surface area (Å²) in [7, 11) is -3.34. The van der Waals surface area contributed by atoms with Gasteiger partial charge in [0.25, 0.3) is 0 Å². The highest BCUT2D eigenvalue weighted by atomic mass is 32.2.